The lowest BCUT2D eigenvalue weighted by Crippen LogP contribution is -2.23. The van der Waals surface area contributed by atoms with Crippen molar-refractivity contribution in [3.63, 3.8) is 0 Å². The molecule has 5 nitrogen and oxygen atoms in total. The zero-order chi connectivity index (χ0) is 16.9. The molecule has 128 valence electrons. The van der Waals surface area contributed by atoms with Crippen LogP contribution >= 0.6 is 11.3 Å². The van der Waals surface area contributed by atoms with E-state index >= 15 is 0 Å². The molecule has 3 N–H and O–H groups in total. The second kappa shape index (κ2) is 7.77. The Labute approximate surface area is 146 Å². The molecule has 0 aliphatic heterocycles. The SMILES string of the molecule is Cc1ccc(CNC(=O)c2csc(CCN)n2)c(OCC2CC2)c1. The summed E-state index contributed by atoms with van der Waals surface area (Å²) in [5.41, 5.74) is 8.12. The number of carbonyl (C=O) groups excluding carboxylic acids is 1. The first kappa shape index (κ1) is 16.9. The smallest absolute Gasteiger partial charge is 0.271 e. The first-order valence-corrected chi connectivity index (χ1v) is 9.18. The number of hydrogen-bond donors (Lipinski definition) is 2. The number of aromatic nitrogens is 1. The number of rotatable bonds is 8. The summed E-state index contributed by atoms with van der Waals surface area (Å²) in [5, 5.41) is 5.60. The highest BCUT2D eigenvalue weighted by atomic mass is 32.1. The number of nitrogens with zero attached hydrogens (tertiary/aromatic N) is 1. The minimum absolute atomic E-state index is 0.164. The molecule has 0 spiro atoms. The van der Waals surface area contributed by atoms with E-state index in [1.54, 1.807) is 5.38 Å². The van der Waals surface area contributed by atoms with Gasteiger partial charge < -0.3 is 15.8 Å². The lowest BCUT2D eigenvalue weighted by atomic mass is 10.1. The minimum Gasteiger partial charge on any atom is -0.493 e. The highest BCUT2D eigenvalue weighted by Gasteiger charge is 2.22. The fraction of sp³-hybridized carbons (Fsp3) is 0.444. The third-order valence-electron chi connectivity index (χ3n) is 3.98. The first-order valence-electron chi connectivity index (χ1n) is 8.30. The Hall–Kier alpha value is -1.92. The van der Waals surface area contributed by atoms with Crippen LogP contribution in [0, 0.1) is 12.8 Å². The average Bonchev–Trinajstić information content (AvgIpc) is 3.29. The Morgan fingerprint density at radius 1 is 1.46 bits per heavy atom. The summed E-state index contributed by atoms with van der Waals surface area (Å²) < 4.78 is 5.94. The topological polar surface area (TPSA) is 77.2 Å². The predicted molar refractivity (Wildman–Crippen MR) is 95.4 cm³/mol. The van der Waals surface area contributed by atoms with Crippen molar-refractivity contribution >= 4 is 17.2 Å². The number of hydrogen-bond acceptors (Lipinski definition) is 5. The third kappa shape index (κ3) is 4.55. The summed E-state index contributed by atoms with van der Waals surface area (Å²) >= 11 is 1.47. The van der Waals surface area contributed by atoms with E-state index in [2.05, 4.69) is 10.3 Å². The van der Waals surface area contributed by atoms with E-state index in [0.717, 1.165) is 28.5 Å². The number of benzene rings is 1. The molecule has 1 aliphatic carbocycles. The predicted octanol–water partition coefficient (Wildman–Crippen LogP) is 2.67. The number of nitrogens with two attached hydrogens (primary N) is 1. The quantitative estimate of drug-likeness (QED) is 0.771. The molecule has 1 saturated carbocycles. The lowest BCUT2D eigenvalue weighted by molar-refractivity contribution is 0.0946. The second-order valence-electron chi connectivity index (χ2n) is 6.21. The third-order valence-corrected chi connectivity index (χ3v) is 4.88. The van der Waals surface area contributed by atoms with Crippen molar-refractivity contribution in [1.29, 1.82) is 0 Å². The van der Waals surface area contributed by atoms with Crippen LogP contribution in [0.15, 0.2) is 23.6 Å². The number of nitrogens with one attached hydrogen (secondary N) is 1. The van der Waals surface area contributed by atoms with Crippen molar-refractivity contribution in [2.24, 2.45) is 11.7 Å². The minimum atomic E-state index is -0.164. The normalized spacial score (nSPS) is 13.8. The summed E-state index contributed by atoms with van der Waals surface area (Å²) in [5.74, 6) is 1.40. The maximum atomic E-state index is 12.3. The molecule has 1 aromatic carbocycles. The van der Waals surface area contributed by atoms with Gasteiger partial charge in [0, 0.05) is 23.9 Å². The van der Waals surface area contributed by atoms with Crippen molar-refractivity contribution in [1.82, 2.24) is 10.3 Å². The molecule has 1 heterocycles. The van der Waals surface area contributed by atoms with Crippen molar-refractivity contribution in [3.8, 4) is 5.75 Å². The number of aryl methyl sites for hydroxylation is 1. The zero-order valence-corrected chi connectivity index (χ0v) is 14.7. The van der Waals surface area contributed by atoms with Crippen LogP contribution in [0.4, 0.5) is 0 Å². The maximum Gasteiger partial charge on any atom is 0.271 e. The largest absolute Gasteiger partial charge is 0.493 e. The van der Waals surface area contributed by atoms with E-state index in [1.165, 1.54) is 24.2 Å². The molecule has 2 aromatic rings. The van der Waals surface area contributed by atoms with E-state index in [0.29, 0.717) is 31.1 Å². The number of carbonyl (C=O) groups is 1. The lowest BCUT2D eigenvalue weighted by Gasteiger charge is -2.12. The van der Waals surface area contributed by atoms with Gasteiger partial charge in [0.15, 0.2) is 0 Å². The van der Waals surface area contributed by atoms with Gasteiger partial charge in [-0.3, -0.25) is 4.79 Å². The van der Waals surface area contributed by atoms with Gasteiger partial charge in [0.2, 0.25) is 0 Å². The first-order chi connectivity index (χ1) is 11.7. The van der Waals surface area contributed by atoms with Gasteiger partial charge in [-0.05, 0) is 43.9 Å². The fourth-order valence-electron chi connectivity index (χ4n) is 2.35. The summed E-state index contributed by atoms with van der Waals surface area (Å²) in [6.07, 6.45) is 3.22. The van der Waals surface area contributed by atoms with E-state index in [4.69, 9.17) is 10.5 Å². The molecular weight excluding hydrogens is 322 g/mol. The molecule has 1 fully saturated rings. The standard InChI is InChI=1S/C18H23N3O2S/c1-12-2-5-14(16(8-12)23-10-13-3-4-13)9-20-18(22)15-11-24-17(21-15)6-7-19/h2,5,8,11,13H,3-4,6-7,9-10,19H2,1H3,(H,20,22). The summed E-state index contributed by atoms with van der Waals surface area (Å²) in [4.78, 5) is 16.6. The Kier molecular flexibility index (Phi) is 5.48. The van der Waals surface area contributed by atoms with Gasteiger partial charge in [0.05, 0.1) is 11.6 Å². The van der Waals surface area contributed by atoms with Gasteiger partial charge in [-0.15, -0.1) is 11.3 Å². The van der Waals surface area contributed by atoms with Crippen LogP contribution in [0.2, 0.25) is 0 Å². The molecule has 24 heavy (non-hydrogen) atoms. The Balaban J connectivity index is 1.61. The molecule has 0 saturated heterocycles. The van der Waals surface area contributed by atoms with Gasteiger partial charge >= 0.3 is 0 Å². The van der Waals surface area contributed by atoms with Gasteiger partial charge in [-0.25, -0.2) is 4.98 Å². The van der Waals surface area contributed by atoms with E-state index in [1.807, 2.05) is 25.1 Å². The highest BCUT2D eigenvalue weighted by Crippen LogP contribution is 2.30. The van der Waals surface area contributed by atoms with Gasteiger partial charge in [-0.1, -0.05) is 12.1 Å². The Morgan fingerprint density at radius 2 is 2.29 bits per heavy atom. The van der Waals surface area contributed by atoms with Crippen LogP contribution in [0.5, 0.6) is 5.75 Å². The van der Waals surface area contributed by atoms with Crippen molar-refractivity contribution < 1.29 is 9.53 Å². The van der Waals surface area contributed by atoms with Crippen LogP contribution in [0.25, 0.3) is 0 Å². The molecule has 3 rings (SSSR count). The van der Waals surface area contributed by atoms with Crippen LogP contribution in [-0.2, 0) is 13.0 Å². The maximum absolute atomic E-state index is 12.3. The molecule has 1 aliphatic rings. The molecule has 0 unspecified atom stereocenters. The molecule has 1 amide bonds. The van der Waals surface area contributed by atoms with Crippen molar-refractivity contribution in [3.05, 3.63) is 45.4 Å². The number of ether oxygens (including phenoxy) is 1. The van der Waals surface area contributed by atoms with E-state index in [-0.39, 0.29) is 5.91 Å². The summed E-state index contributed by atoms with van der Waals surface area (Å²) in [6.45, 7) is 3.78. The average molecular weight is 345 g/mol. The molecule has 0 radical (unpaired) electrons. The van der Waals surface area contributed by atoms with Crippen LogP contribution in [-0.4, -0.2) is 24.0 Å². The molecule has 0 bridgehead atoms. The van der Waals surface area contributed by atoms with E-state index < -0.39 is 0 Å². The van der Waals surface area contributed by atoms with Crippen molar-refractivity contribution in [2.45, 2.75) is 32.7 Å². The molecule has 0 atom stereocenters. The second-order valence-corrected chi connectivity index (χ2v) is 7.16. The summed E-state index contributed by atoms with van der Waals surface area (Å²) in [6, 6.07) is 6.08. The van der Waals surface area contributed by atoms with E-state index in [9.17, 15) is 4.79 Å². The molecule has 1 aromatic heterocycles. The molecule has 6 heteroatoms. The monoisotopic (exact) mass is 345 g/mol. The van der Waals surface area contributed by atoms with Gasteiger partial charge in [0.1, 0.15) is 11.4 Å². The van der Waals surface area contributed by atoms with Gasteiger partial charge in [0.25, 0.3) is 5.91 Å². The number of amides is 1. The molecular formula is C18H23N3O2S. The van der Waals surface area contributed by atoms with Crippen LogP contribution in [0.3, 0.4) is 0 Å². The van der Waals surface area contributed by atoms with Crippen LogP contribution in [0.1, 0.15) is 39.5 Å². The van der Waals surface area contributed by atoms with Crippen molar-refractivity contribution in [2.75, 3.05) is 13.2 Å². The fourth-order valence-corrected chi connectivity index (χ4v) is 3.15. The van der Waals surface area contributed by atoms with Crippen LogP contribution < -0.4 is 15.8 Å². The summed E-state index contributed by atoms with van der Waals surface area (Å²) in [7, 11) is 0. The zero-order valence-electron chi connectivity index (χ0n) is 13.9. The highest BCUT2D eigenvalue weighted by molar-refractivity contribution is 7.09. The van der Waals surface area contributed by atoms with Gasteiger partial charge in [-0.2, -0.15) is 0 Å². The Morgan fingerprint density at radius 3 is 3.04 bits per heavy atom. The number of thiazole rings is 1. The Bertz CT molecular complexity index is 710.